The first kappa shape index (κ1) is 11.2. The molecule has 5 fully saturated rings. The van der Waals surface area contributed by atoms with Crippen LogP contribution in [0.1, 0.15) is 39.0 Å². The zero-order valence-corrected chi connectivity index (χ0v) is 10.5. The number of hydrogen-bond donors (Lipinski definition) is 0. The van der Waals surface area contributed by atoms with Gasteiger partial charge in [0.05, 0.1) is 6.42 Å². The van der Waals surface area contributed by atoms with E-state index in [0.717, 1.165) is 25.7 Å². The maximum absolute atomic E-state index is 11.7. The molecule has 5 nitrogen and oxygen atoms in total. The van der Waals surface area contributed by atoms with Crippen molar-refractivity contribution in [3.8, 4) is 0 Å². The van der Waals surface area contributed by atoms with E-state index in [0.29, 0.717) is 18.3 Å². The molecule has 0 N–H and O–H groups in total. The van der Waals surface area contributed by atoms with Gasteiger partial charge in [0.15, 0.2) is 11.9 Å². The van der Waals surface area contributed by atoms with Gasteiger partial charge in [-0.05, 0) is 25.2 Å². The standard InChI is InChI=1S/C13H18O5/c1-7-2-3-8-6-10(14)15-12-13(8)9(7)4-5-11(16-12)17-18-13/h7-9,11-12H,2-6H2,1H3/t7-,8+,9+,11-,12-,13+/m1/s1. The summed E-state index contributed by atoms with van der Waals surface area (Å²) in [6.07, 6.45) is 3.44. The van der Waals surface area contributed by atoms with E-state index in [-0.39, 0.29) is 18.2 Å². The number of esters is 1. The molecule has 5 rings (SSSR count). The predicted molar refractivity (Wildman–Crippen MR) is 58.9 cm³/mol. The fourth-order valence-electron chi connectivity index (χ4n) is 4.27. The lowest BCUT2D eigenvalue weighted by Gasteiger charge is -2.55. The highest BCUT2D eigenvalue weighted by Gasteiger charge is 2.66. The Balaban J connectivity index is 1.80. The van der Waals surface area contributed by atoms with E-state index >= 15 is 0 Å². The highest BCUT2D eigenvalue weighted by Crippen LogP contribution is 2.56. The quantitative estimate of drug-likeness (QED) is 0.487. The van der Waals surface area contributed by atoms with Crippen LogP contribution < -0.4 is 0 Å². The molecule has 5 heteroatoms. The summed E-state index contributed by atoms with van der Waals surface area (Å²) in [7, 11) is 0. The normalized spacial score (nSPS) is 54.5. The zero-order valence-electron chi connectivity index (χ0n) is 10.5. The SMILES string of the molecule is C[C@@H]1CC[C@H]2CC(=O)O[C@@H]3O[C@H]4CC[C@@H]1[C@@]23OO4. The molecule has 0 unspecified atom stereocenters. The number of hydrogen-bond acceptors (Lipinski definition) is 5. The van der Waals surface area contributed by atoms with Crippen LogP contribution in [0.15, 0.2) is 0 Å². The van der Waals surface area contributed by atoms with E-state index in [1.54, 1.807) is 0 Å². The molecule has 4 aliphatic heterocycles. The molecule has 100 valence electrons. The molecule has 0 radical (unpaired) electrons. The number of carbonyl (C=O) groups is 1. The first-order valence-electron chi connectivity index (χ1n) is 6.89. The van der Waals surface area contributed by atoms with Crippen molar-refractivity contribution < 1.29 is 24.0 Å². The van der Waals surface area contributed by atoms with Gasteiger partial charge in [0.2, 0.25) is 6.29 Å². The summed E-state index contributed by atoms with van der Waals surface area (Å²) in [5, 5.41) is 0. The third-order valence-corrected chi connectivity index (χ3v) is 5.18. The largest absolute Gasteiger partial charge is 0.432 e. The van der Waals surface area contributed by atoms with Crippen molar-refractivity contribution in [3.05, 3.63) is 0 Å². The molecule has 1 saturated carbocycles. The monoisotopic (exact) mass is 254 g/mol. The van der Waals surface area contributed by atoms with Gasteiger partial charge < -0.3 is 9.47 Å². The first-order valence-corrected chi connectivity index (χ1v) is 6.89. The summed E-state index contributed by atoms with van der Waals surface area (Å²) in [5.74, 6) is 0.926. The molecule has 2 bridgehead atoms. The Kier molecular flexibility index (Phi) is 2.29. The number of rotatable bonds is 0. The van der Waals surface area contributed by atoms with Crippen molar-refractivity contribution in [1.82, 2.24) is 0 Å². The Morgan fingerprint density at radius 3 is 3.00 bits per heavy atom. The van der Waals surface area contributed by atoms with Crippen molar-refractivity contribution in [1.29, 1.82) is 0 Å². The Labute approximate surface area is 106 Å². The van der Waals surface area contributed by atoms with Gasteiger partial charge in [0.1, 0.15) is 0 Å². The Morgan fingerprint density at radius 1 is 1.22 bits per heavy atom. The minimum absolute atomic E-state index is 0.167. The molecule has 5 aliphatic rings. The van der Waals surface area contributed by atoms with E-state index in [4.69, 9.17) is 19.2 Å². The van der Waals surface area contributed by atoms with Gasteiger partial charge in [0, 0.05) is 18.3 Å². The predicted octanol–water partition coefficient (Wildman–Crippen LogP) is 1.76. The van der Waals surface area contributed by atoms with Crippen molar-refractivity contribution in [3.63, 3.8) is 0 Å². The van der Waals surface area contributed by atoms with Crippen molar-refractivity contribution >= 4 is 5.97 Å². The number of carbonyl (C=O) groups excluding carboxylic acids is 1. The van der Waals surface area contributed by atoms with Gasteiger partial charge in [-0.3, -0.25) is 4.79 Å². The van der Waals surface area contributed by atoms with Crippen LogP contribution in [0.25, 0.3) is 0 Å². The Hall–Kier alpha value is -0.650. The summed E-state index contributed by atoms with van der Waals surface area (Å²) >= 11 is 0. The number of fused-ring (bicyclic) bond motifs is 2. The highest BCUT2D eigenvalue weighted by molar-refractivity contribution is 5.71. The zero-order chi connectivity index (χ0) is 12.3. The van der Waals surface area contributed by atoms with Gasteiger partial charge in [-0.15, -0.1) is 0 Å². The van der Waals surface area contributed by atoms with E-state index < -0.39 is 11.9 Å². The topological polar surface area (TPSA) is 54.0 Å². The molecule has 0 aromatic rings. The van der Waals surface area contributed by atoms with Gasteiger partial charge >= 0.3 is 5.97 Å². The molecule has 1 aliphatic carbocycles. The summed E-state index contributed by atoms with van der Waals surface area (Å²) in [6.45, 7) is 2.26. The molecular formula is C13H18O5. The molecule has 18 heavy (non-hydrogen) atoms. The smallest absolute Gasteiger partial charge is 0.308 e. The molecule has 6 atom stereocenters. The van der Waals surface area contributed by atoms with Gasteiger partial charge in [-0.1, -0.05) is 6.92 Å². The molecule has 4 saturated heterocycles. The van der Waals surface area contributed by atoms with Gasteiger partial charge in [-0.2, -0.15) is 0 Å². The second-order valence-electron chi connectivity index (χ2n) is 6.06. The highest BCUT2D eigenvalue weighted by atomic mass is 17.2. The minimum atomic E-state index is -0.572. The second-order valence-corrected chi connectivity index (χ2v) is 6.06. The molecule has 1 spiro atoms. The van der Waals surface area contributed by atoms with Gasteiger partial charge in [-0.25, -0.2) is 9.78 Å². The maximum atomic E-state index is 11.7. The van der Waals surface area contributed by atoms with Crippen LogP contribution in [0, 0.1) is 17.8 Å². The summed E-state index contributed by atoms with van der Waals surface area (Å²) in [6, 6.07) is 0. The van der Waals surface area contributed by atoms with E-state index in [2.05, 4.69) is 6.92 Å². The third kappa shape index (κ3) is 1.30. The van der Waals surface area contributed by atoms with Crippen LogP contribution >= 0.6 is 0 Å². The van der Waals surface area contributed by atoms with Crippen molar-refractivity contribution in [2.75, 3.05) is 0 Å². The first-order chi connectivity index (χ1) is 8.70. The lowest BCUT2D eigenvalue weighted by Crippen LogP contribution is -2.66. The second kappa shape index (κ2) is 3.68. The average molecular weight is 254 g/mol. The van der Waals surface area contributed by atoms with Crippen LogP contribution in [0.2, 0.25) is 0 Å². The lowest BCUT2D eigenvalue weighted by molar-refractivity contribution is -0.527. The Morgan fingerprint density at radius 2 is 2.11 bits per heavy atom. The van der Waals surface area contributed by atoms with Gasteiger partial charge in [0.25, 0.3) is 0 Å². The van der Waals surface area contributed by atoms with Crippen LogP contribution in [-0.4, -0.2) is 24.2 Å². The summed E-state index contributed by atoms with van der Waals surface area (Å²) in [4.78, 5) is 22.8. The summed E-state index contributed by atoms with van der Waals surface area (Å²) in [5.41, 5.74) is -0.557. The van der Waals surface area contributed by atoms with E-state index in [9.17, 15) is 4.79 Å². The molecule has 0 aromatic heterocycles. The van der Waals surface area contributed by atoms with E-state index in [1.165, 1.54) is 0 Å². The fourth-order valence-corrected chi connectivity index (χ4v) is 4.27. The Bertz CT molecular complexity index is 382. The van der Waals surface area contributed by atoms with Crippen LogP contribution in [0.4, 0.5) is 0 Å². The molecule has 4 heterocycles. The van der Waals surface area contributed by atoms with Crippen LogP contribution in [0.5, 0.6) is 0 Å². The molecule has 0 aromatic carbocycles. The van der Waals surface area contributed by atoms with Crippen LogP contribution in [-0.2, 0) is 24.0 Å². The number of ether oxygens (including phenoxy) is 2. The third-order valence-electron chi connectivity index (χ3n) is 5.18. The summed E-state index contributed by atoms with van der Waals surface area (Å²) < 4.78 is 11.2. The van der Waals surface area contributed by atoms with Crippen LogP contribution in [0.3, 0.4) is 0 Å². The molecule has 0 amide bonds. The maximum Gasteiger partial charge on any atom is 0.308 e. The van der Waals surface area contributed by atoms with Crippen molar-refractivity contribution in [2.45, 2.75) is 57.2 Å². The fraction of sp³-hybridized carbons (Fsp3) is 0.923. The van der Waals surface area contributed by atoms with Crippen molar-refractivity contribution in [2.24, 2.45) is 17.8 Å². The average Bonchev–Trinajstić information content (AvgIpc) is 2.63. The molecular weight excluding hydrogens is 236 g/mol. The lowest BCUT2D eigenvalue weighted by atomic mass is 9.61. The minimum Gasteiger partial charge on any atom is -0.432 e. The van der Waals surface area contributed by atoms with E-state index in [1.807, 2.05) is 0 Å².